The summed E-state index contributed by atoms with van der Waals surface area (Å²) in [6.45, 7) is 3.11. The third-order valence-electron chi connectivity index (χ3n) is 11.5. The molecular formula is C48H89NO12S. The van der Waals surface area contributed by atoms with Gasteiger partial charge < -0.3 is 40.3 Å². The van der Waals surface area contributed by atoms with Gasteiger partial charge in [0, 0.05) is 0 Å². The van der Waals surface area contributed by atoms with Gasteiger partial charge in [-0.3, -0.25) is 9.35 Å². The van der Waals surface area contributed by atoms with Crippen molar-refractivity contribution in [1.29, 1.82) is 0 Å². The summed E-state index contributed by atoms with van der Waals surface area (Å²) in [5.74, 6) is -0.704. The molecule has 0 spiro atoms. The van der Waals surface area contributed by atoms with E-state index in [0.29, 0.717) is 12.8 Å². The Morgan fingerprint density at radius 2 is 1.16 bits per heavy atom. The van der Waals surface area contributed by atoms with Crippen LogP contribution < -0.4 is 5.32 Å². The number of aliphatic hydroxyl groups is 5. The van der Waals surface area contributed by atoms with E-state index in [4.69, 9.17) is 9.47 Å². The molecule has 14 heteroatoms. The van der Waals surface area contributed by atoms with Crippen LogP contribution in [0.3, 0.4) is 0 Å². The zero-order valence-electron chi connectivity index (χ0n) is 38.5. The summed E-state index contributed by atoms with van der Waals surface area (Å²) < 4.78 is 47.5. The van der Waals surface area contributed by atoms with E-state index in [1.165, 1.54) is 122 Å². The fourth-order valence-electron chi connectivity index (χ4n) is 7.68. The van der Waals surface area contributed by atoms with Crippen molar-refractivity contribution in [3.63, 3.8) is 0 Å². The van der Waals surface area contributed by atoms with Crippen LogP contribution in [0, 0.1) is 0 Å². The highest BCUT2D eigenvalue weighted by molar-refractivity contribution is 7.80. The fourth-order valence-corrected chi connectivity index (χ4v) is 8.18. The second-order valence-electron chi connectivity index (χ2n) is 17.2. The van der Waals surface area contributed by atoms with E-state index in [1.807, 2.05) is 6.08 Å². The first-order chi connectivity index (χ1) is 29.9. The van der Waals surface area contributed by atoms with Gasteiger partial charge in [0.05, 0.1) is 25.4 Å². The third-order valence-corrected chi connectivity index (χ3v) is 12.0. The van der Waals surface area contributed by atoms with E-state index >= 15 is 0 Å². The first kappa shape index (κ1) is 58.3. The Kier molecular flexibility index (Phi) is 36.2. The Balaban J connectivity index is 2.50. The molecule has 1 fully saturated rings. The second kappa shape index (κ2) is 38.5. The second-order valence-corrected chi connectivity index (χ2v) is 18.2. The average molecular weight is 904 g/mol. The van der Waals surface area contributed by atoms with Crippen LogP contribution in [-0.4, -0.2) is 107 Å². The number of hydrogen-bond donors (Lipinski definition) is 7. The maximum Gasteiger partial charge on any atom is 0.397 e. The number of unbranched alkanes of at least 4 members (excludes halogenated alkanes) is 24. The largest absolute Gasteiger partial charge is 0.397 e. The van der Waals surface area contributed by atoms with Crippen molar-refractivity contribution in [3.05, 3.63) is 36.5 Å². The molecule has 0 aromatic heterocycles. The lowest BCUT2D eigenvalue weighted by Crippen LogP contribution is -2.61. The molecule has 1 saturated heterocycles. The van der Waals surface area contributed by atoms with Crippen LogP contribution in [-0.2, 0) is 28.9 Å². The molecule has 8 atom stereocenters. The lowest BCUT2D eigenvalue weighted by molar-refractivity contribution is -0.298. The standard InChI is InChI=1S/C48H89NO12S/c1-3-5-7-9-11-13-15-17-18-19-20-21-22-23-25-27-29-31-33-35-37-42(52)47(55)49-40(41(51)36-34-32-30-28-26-24-16-14-12-10-8-6-4-2)39-59-48-45(54)46(61-62(56,57)58)44(53)43(38-50)60-48/h5,7,11,13,34,36,40-46,48,50-54H,3-4,6,8-10,12,14-33,35,37-39H2,1-2H3,(H,49,55)(H,56,57,58)/b7-5-,13-11-,36-34+. The van der Waals surface area contributed by atoms with Gasteiger partial charge in [-0.15, -0.1) is 0 Å². The lowest BCUT2D eigenvalue weighted by Gasteiger charge is -2.41. The molecule has 7 N–H and O–H groups in total. The number of carbonyl (C=O) groups is 1. The topological polar surface area (TPSA) is 212 Å². The highest BCUT2D eigenvalue weighted by Gasteiger charge is 2.48. The predicted molar refractivity (Wildman–Crippen MR) is 247 cm³/mol. The molecule has 0 bridgehead atoms. The minimum atomic E-state index is -5.12. The molecule has 364 valence electrons. The van der Waals surface area contributed by atoms with Crippen molar-refractivity contribution in [3.8, 4) is 0 Å². The molecule has 0 aromatic rings. The van der Waals surface area contributed by atoms with Gasteiger partial charge in [-0.1, -0.05) is 192 Å². The molecule has 1 aliphatic rings. The minimum Gasteiger partial charge on any atom is -0.394 e. The molecule has 8 unspecified atom stereocenters. The van der Waals surface area contributed by atoms with Gasteiger partial charge in [0.1, 0.15) is 30.5 Å². The number of ether oxygens (including phenoxy) is 2. The monoisotopic (exact) mass is 904 g/mol. The van der Waals surface area contributed by atoms with Crippen molar-refractivity contribution in [2.24, 2.45) is 0 Å². The number of hydrogen-bond acceptors (Lipinski definition) is 11. The number of aliphatic hydroxyl groups excluding tert-OH is 5. The Morgan fingerprint density at radius 1 is 0.677 bits per heavy atom. The zero-order chi connectivity index (χ0) is 45.7. The summed E-state index contributed by atoms with van der Waals surface area (Å²) in [4.78, 5) is 13.1. The van der Waals surface area contributed by atoms with Crippen LogP contribution in [0.1, 0.15) is 200 Å². The molecular weight excluding hydrogens is 815 g/mol. The van der Waals surface area contributed by atoms with Crippen LogP contribution in [0.4, 0.5) is 0 Å². The van der Waals surface area contributed by atoms with Gasteiger partial charge >= 0.3 is 10.4 Å². The number of amides is 1. The van der Waals surface area contributed by atoms with Crippen molar-refractivity contribution >= 4 is 16.3 Å². The summed E-state index contributed by atoms with van der Waals surface area (Å²) in [6, 6.07) is -1.12. The van der Waals surface area contributed by atoms with Gasteiger partial charge in [0.15, 0.2) is 6.29 Å². The lowest BCUT2D eigenvalue weighted by atomic mass is 9.99. The van der Waals surface area contributed by atoms with Gasteiger partial charge in [-0.2, -0.15) is 8.42 Å². The molecule has 1 rings (SSSR count). The molecule has 0 saturated carbocycles. The number of rotatable bonds is 41. The summed E-state index contributed by atoms with van der Waals surface area (Å²) in [7, 11) is -5.12. The van der Waals surface area contributed by atoms with E-state index in [2.05, 4.69) is 47.7 Å². The van der Waals surface area contributed by atoms with Crippen LogP contribution in [0.2, 0.25) is 0 Å². The van der Waals surface area contributed by atoms with Crippen LogP contribution in [0.5, 0.6) is 0 Å². The normalized spacial score (nSPS) is 21.3. The zero-order valence-corrected chi connectivity index (χ0v) is 39.4. The fraction of sp³-hybridized carbons (Fsp3) is 0.854. The van der Waals surface area contributed by atoms with Crippen LogP contribution >= 0.6 is 0 Å². The van der Waals surface area contributed by atoms with Crippen LogP contribution in [0.15, 0.2) is 36.5 Å². The van der Waals surface area contributed by atoms with Crippen molar-refractivity contribution in [2.75, 3.05) is 13.2 Å². The summed E-state index contributed by atoms with van der Waals surface area (Å²) in [5, 5.41) is 55.3. The minimum absolute atomic E-state index is 0.242. The third kappa shape index (κ3) is 30.4. The quantitative estimate of drug-likeness (QED) is 0.0174. The first-order valence-corrected chi connectivity index (χ1v) is 25.8. The van der Waals surface area contributed by atoms with E-state index < -0.39 is 78.5 Å². The summed E-state index contributed by atoms with van der Waals surface area (Å²) in [5.41, 5.74) is 0. The Morgan fingerprint density at radius 3 is 1.66 bits per heavy atom. The van der Waals surface area contributed by atoms with E-state index in [1.54, 1.807) is 0 Å². The molecule has 1 amide bonds. The average Bonchev–Trinajstić information content (AvgIpc) is 3.24. The van der Waals surface area contributed by atoms with Gasteiger partial charge in [-0.05, 0) is 44.9 Å². The number of carbonyl (C=O) groups excluding carboxylic acids is 1. The van der Waals surface area contributed by atoms with Crippen molar-refractivity contribution < 1.29 is 57.0 Å². The van der Waals surface area contributed by atoms with Gasteiger partial charge in [0.25, 0.3) is 0 Å². The highest BCUT2D eigenvalue weighted by atomic mass is 32.3. The smallest absolute Gasteiger partial charge is 0.394 e. The Bertz CT molecular complexity index is 1260. The maximum atomic E-state index is 13.1. The number of allylic oxidation sites excluding steroid dienone is 5. The van der Waals surface area contributed by atoms with Crippen molar-refractivity contribution in [2.45, 2.75) is 249 Å². The van der Waals surface area contributed by atoms with Gasteiger partial charge in [-0.25, -0.2) is 4.18 Å². The molecule has 0 radical (unpaired) electrons. The molecule has 62 heavy (non-hydrogen) atoms. The van der Waals surface area contributed by atoms with Crippen molar-refractivity contribution in [1.82, 2.24) is 5.32 Å². The Labute approximate surface area is 376 Å². The summed E-state index contributed by atoms with van der Waals surface area (Å²) in [6.07, 6.45) is 33.7. The first-order valence-electron chi connectivity index (χ1n) is 24.5. The SMILES string of the molecule is CC/C=C\C/C=C\CCCCCCCCCCCCCCCC(O)C(=O)NC(COC1OC(CO)C(O)C(OS(=O)(=O)O)C1O)C(O)/C=C/CCCCCCCCCCCCC. The molecule has 1 heterocycles. The Hall–Kier alpha value is -1.72. The van der Waals surface area contributed by atoms with E-state index in [-0.39, 0.29) is 6.42 Å². The van der Waals surface area contributed by atoms with E-state index in [9.17, 15) is 43.3 Å². The van der Waals surface area contributed by atoms with E-state index in [0.717, 1.165) is 51.4 Å². The molecule has 13 nitrogen and oxygen atoms in total. The van der Waals surface area contributed by atoms with Crippen LogP contribution in [0.25, 0.3) is 0 Å². The number of nitrogens with one attached hydrogen (secondary N) is 1. The summed E-state index contributed by atoms with van der Waals surface area (Å²) >= 11 is 0. The maximum absolute atomic E-state index is 13.1. The predicted octanol–water partition coefficient (Wildman–Crippen LogP) is 8.86. The molecule has 0 aromatic carbocycles. The molecule has 1 aliphatic heterocycles. The van der Waals surface area contributed by atoms with Gasteiger partial charge in [0.2, 0.25) is 5.91 Å². The highest BCUT2D eigenvalue weighted by Crippen LogP contribution is 2.26. The molecule has 0 aliphatic carbocycles.